The lowest BCUT2D eigenvalue weighted by atomic mass is 9.72. The summed E-state index contributed by atoms with van der Waals surface area (Å²) in [6.45, 7) is 6.23. The number of carbonyl (C=O) groups is 1. The number of hydrogen-bond acceptors (Lipinski definition) is 3. The van der Waals surface area contributed by atoms with Gasteiger partial charge in [0.05, 0.1) is 0 Å². The summed E-state index contributed by atoms with van der Waals surface area (Å²) in [6.07, 6.45) is 11.6. The Morgan fingerprint density at radius 1 is 1.00 bits per heavy atom. The van der Waals surface area contributed by atoms with Gasteiger partial charge in [0.25, 0.3) is 5.91 Å². The first-order valence-corrected chi connectivity index (χ1v) is 10.9. The SMILES string of the molecule is CCN(CC)c1ccc(C(=O)NN=C2CCCCC2C2CCCCC2)cc1. The van der Waals surface area contributed by atoms with Gasteiger partial charge in [-0.3, -0.25) is 4.79 Å². The van der Waals surface area contributed by atoms with Gasteiger partial charge < -0.3 is 4.90 Å². The summed E-state index contributed by atoms with van der Waals surface area (Å²) in [6, 6.07) is 7.87. The van der Waals surface area contributed by atoms with Crippen LogP contribution in [0.3, 0.4) is 0 Å². The van der Waals surface area contributed by atoms with Crippen LogP contribution in [0.4, 0.5) is 5.69 Å². The second-order valence-electron chi connectivity index (χ2n) is 8.01. The lowest BCUT2D eigenvalue weighted by Crippen LogP contribution is -2.31. The quantitative estimate of drug-likeness (QED) is 0.683. The highest BCUT2D eigenvalue weighted by Crippen LogP contribution is 2.36. The van der Waals surface area contributed by atoms with Crippen LogP contribution in [0, 0.1) is 11.8 Å². The lowest BCUT2D eigenvalue weighted by Gasteiger charge is -2.33. The molecule has 148 valence electrons. The number of rotatable bonds is 6. The van der Waals surface area contributed by atoms with Crippen molar-refractivity contribution in [3.05, 3.63) is 29.8 Å². The van der Waals surface area contributed by atoms with Crippen molar-refractivity contribution < 1.29 is 4.79 Å². The van der Waals surface area contributed by atoms with Gasteiger partial charge in [0.2, 0.25) is 0 Å². The third-order valence-corrected chi connectivity index (χ3v) is 6.40. The van der Waals surface area contributed by atoms with E-state index in [-0.39, 0.29) is 5.91 Å². The Labute approximate surface area is 164 Å². The van der Waals surface area contributed by atoms with E-state index >= 15 is 0 Å². The van der Waals surface area contributed by atoms with Gasteiger partial charge in [0.1, 0.15) is 0 Å². The highest BCUT2D eigenvalue weighted by atomic mass is 16.2. The molecule has 27 heavy (non-hydrogen) atoms. The number of amides is 1. The van der Waals surface area contributed by atoms with Gasteiger partial charge in [-0.1, -0.05) is 25.7 Å². The van der Waals surface area contributed by atoms with Gasteiger partial charge in [-0.15, -0.1) is 0 Å². The molecule has 1 aromatic rings. The summed E-state index contributed by atoms with van der Waals surface area (Å²) in [4.78, 5) is 14.8. The summed E-state index contributed by atoms with van der Waals surface area (Å²) < 4.78 is 0. The van der Waals surface area contributed by atoms with Crippen LogP contribution in [0.5, 0.6) is 0 Å². The number of anilines is 1. The predicted molar refractivity (Wildman–Crippen MR) is 113 cm³/mol. The normalized spacial score (nSPS) is 22.6. The van der Waals surface area contributed by atoms with Crippen LogP contribution in [-0.4, -0.2) is 24.7 Å². The molecule has 1 N–H and O–H groups in total. The molecule has 3 rings (SSSR count). The number of nitrogens with one attached hydrogen (secondary N) is 1. The molecule has 1 unspecified atom stereocenters. The largest absolute Gasteiger partial charge is 0.372 e. The molecule has 0 heterocycles. The molecule has 0 radical (unpaired) electrons. The molecular weight excluding hydrogens is 334 g/mol. The Balaban J connectivity index is 1.63. The minimum Gasteiger partial charge on any atom is -0.372 e. The molecule has 0 aliphatic heterocycles. The average Bonchev–Trinajstić information content (AvgIpc) is 2.74. The van der Waals surface area contributed by atoms with Gasteiger partial charge in [-0.2, -0.15) is 5.10 Å². The van der Waals surface area contributed by atoms with Gasteiger partial charge in [0.15, 0.2) is 0 Å². The predicted octanol–water partition coefficient (Wildman–Crippen LogP) is 5.39. The van der Waals surface area contributed by atoms with Crippen molar-refractivity contribution in [2.24, 2.45) is 16.9 Å². The smallest absolute Gasteiger partial charge is 0.271 e. The third-order valence-electron chi connectivity index (χ3n) is 6.40. The van der Waals surface area contributed by atoms with Crippen LogP contribution < -0.4 is 10.3 Å². The van der Waals surface area contributed by atoms with Crippen LogP contribution in [0.1, 0.15) is 82.0 Å². The first-order valence-electron chi connectivity index (χ1n) is 10.9. The van der Waals surface area contributed by atoms with Crippen molar-refractivity contribution in [1.29, 1.82) is 0 Å². The first-order chi connectivity index (χ1) is 13.2. The monoisotopic (exact) mass is 369 g/mol. The molecule has 1 amide bonds. The maximum absolute atomic E-state index is 12.6. The minimum absolute atomic E-state index is 0.0958. The number of carbonyl (C=O) groups excluding carboxylic acids is 1. The van der Waals surface area contributed by atoms with Crippen LogP contribution >= 0.6 is 0 Å². The Bertz CT molecular complexity index is 628. The molecule has 1 atom stereocenters. The number of hydrazone groups is 1. The Morgan fingerprint density at radius 2 is 1.67 bits per heavy atom. The van der Waals surface area contributed by atoms with E-state index in [1.807, 2.05) is 24.3 Å². The molecule has 2 saturated carbocycles. The molecule has 2 aliphatic rings. The molecule has 1 aromatic carbocycles. The fourth-order valence-corrected chi connectivity index (χ4v) is 4.81. The Kier molecular flexibility index (Phi) is 7.31. The second-order valence-corrected chi connectivity index (χ2v) is 8.01. The van der Waals surface area contributed by atoms with E-state index in [4.69, 9.17) is 0 Å². The highest BCUT2D eigenvalue weighted by Gasteiger charge is 2.29. The van der Waals surface area contributed by atoms with Gasteiger partial charge in [-0.25, -0.2) is 5.43 Å². The van der Waals surface area contributed by atoms with Crippen molar-refractivity contribution >= 4 is 17.3 Å². The molecule has 2 aliphatic carbocycles. The zero-order valence-electron chi connectivity index (χ0n) is 17.0. The number of hydrogen-bond donors (Lipinski definition) is 1. The fourth-order valence-electron chi connectivity index (χ4n) is 4.81. The van der Waals surface area contributed by atoms with E-state index in [1.54, 1.807) is 0 Å². The zero-order valence-corrected chi connectivity index (χ0v) is 17.0. The summed E-state index contributed by atoms with van der Waals surface area (Å²) in [7, 11) is 0. The molecule has 2 fully saturated rings. The summed E-state index contributed by atoms with van der Waals surface area (Å²) in [5.41, 5.74) is 5.93. The number of benzene rings is 1. The molecule has 0 aromatic heterocycles. The van der Waals surface area contributed by atoms with Crippen molar-refractivity contribution in [2.75, 3.05) is 18.0 Å². The Morgan fingerprint density at radius 3 is 2.33 bits per heavy atom. The highest BCUT2D eigenvalue weighted by molar-refractivity contribution is 5.96. The first kappa shape index (κ1) is 19.9. The van der Waals surface area contributed by atoms with Crippen LogP contribution in [-0.2, 0) is 0 Å². The van der Waals surface area contributed by atoms with E-state index in [0.717, 1.165) is 31.1 Å². The average molecular weight is 370 g/mol. The van der Waals surface area contributed by atoms with Crippen molar-refractivity contribution in [2.45, 2.75) is 71.6 Å². The number of nitrogens with zero attached hydrogens (tertiary/aromatic N) is 2. The molecule has 0 saturated heterocycles. The van der Waals surface area contributed by atoms with Crippen molar-refractivity contribution in [1.82, 2.24) is 5.43 Å². The van der Waals surface area contributed by atoms with Gasteiger partial charge in [0, 0.05) is 36.0 Å². The molecule has 4 heteroatoms. The fraction of sp³-hybridized carbons (Fsp3) is 0.652. The van der Waals surface area contributed by atoms with E-state index in [2.05, 4.69) is 29.3 Å². The third kappa shape index (κ3) is 5.12. The molecule has 4 nitrogen and oxygen atoms in total. The van der Waals surface area contributed by atoms with E-state index in [1.165, 1.54) is 57.1 Å². The summed E-state index contributed by atoms with van der Waals surface area (Å²) in [5.74, 6) is 1.27. The maximum Gasteiger partial charge on any atom is 0.271 e. The van der Waals surface area contributed by atoms with Crippen LogP contribution in [0.2, 0.25) is 0 Å². The zero-order chi connectivity index (χ0) is 19.1. The van der Waals surface area contributed by atoms with Crippen LogP contribution in [0.25, 0.3) is 0 Å². The van der Waals surface area contributed by atoms with Crippen molar-refractivity contribution in [3.63, 3.8) is 0 Å². The topological polar surface area (TPSA) is 44.7 Å². The maximum atomic E-state index is 12.6. The van der Waals surface area contributed by atoms with Crippen molar-refractivity contribution in [3.8, 4) is 0 Å². The second kappa shape index (κ2) is 9.91. The standard InChI is InChI=1S/C23H35N3O/c1-3-26(4-2)20-16-14-19(15-17-20)23(27)25-24-22-13-9-8-12-21(22)18-10-6-5-7-11-18/h14-18,21H,3-13H2,1-2H3,(H,25,27). The lowest BCUT2D eigenvalue weighted by molar-refractivity contribution is 0.0954. The minimum atomic E-state index is -0.0958. The van der Waals surface area contributed by atoms with E-state index in [9.17, 15) is 4.79 Å². The molecule has 0 spiro atoms. The van der Waals surface area contributed by atoms with E-state index < -0.39 is 0 Å². The summed E-state index contributed by atoms with van der Waals surface area (Å²) >= 11 is 0. The van der Waals surface area contributed by atoms with Gasteiger partial charge in [-0.05, 0) is 76.1 Å². The van der Waals surface area contributed by atoms with E-state index in [0.29, 0.717) is 11.5 Å². The Hall–Kier alpha value is -1.84. The van der Waals surface area contributed by atoms with Gasteiger partial charge >= 0.3 is 0 Å². The van der Waals surface area contributed by atoms with Crippen LogP contribution in [0.15, 0.2) is 29.4 Å². The molecule has 0 bridgehead atoms. The molecular formula is C23H35N3O. The summed E-state index contributed by atoms with van der Waals surface area (Å²) in [5, 5.41) is 4.61.